The predicted molar refractivity (Wildman–Crippen MR) is 67.7 cm³/mol. The normalized spacial score (nSPS) is 10.7. The molecule has 0 saturated heterocycles. The van der Waals surface area contributed by atoms with E-state index < -0.39 is 11.6 Å². The highest BCUT2D eigenvalue weighted by molar-refractivity contribution is 5.81. The number of benzene rings is 1. The number of nitrogens with zero attached hydrogens (tertiary/aromatic N) is 4. The van der Waals surface area contributed by atoms with Crippen molar-refractivity contribution in [2.75, 3.05) is 0 Å². The number of rotatable bonds is 2. The molecule has 0 unspecified atom stereocenters. The number of nitriles is 1. The molecule has 0 saturated carbocycles. The van der Waals surface area contributed by atoms with Gasteiger partial charge >= 0.3 is 0 Å². The fourth-order valence-corrected chi connectivity index (χ4v) is 2.01. The number of imidazole rings is 1. The van der Waals surface area contributed by atoms with Gasteiger partial charge < -0.3 is 4.57 Å². The predicted octanol–water partition coefficient (Wildman–Crippen LogP) is 2.63. The third kappa shape index (κ3) is 2.10. The lowest BCUT2D eigenvalue weighted by Crippen LogP contribution is -2.00. The zero-order valence-corrected chi connectivity index (χ0v) is 10.2. The van der Waals surface area contributed by atoms with Crippen LogP contribution in [0.4, 0.5) is 8.78 Å². The van der Waals surface area contributed by atoms with Gasteiger partial charge in [0.05, 0.1) is 35.8 Å². The molecule has 0 fully saturated rings. The van der Waals surface area contributed by atoms with Crippen molar-refractivity contribution in [1.82, 2.24) is 14.5 Å². The molecule has 0 aliphatic carbocycles. The lowest BCUT2D eigenvalue weighted by molar-refractivity contribution is 0.617. The molecule has 3 rings (SSSR count). The van der Waals surface area contributed by atoms with E-state index in [0.29, 0.717) is 23.3 Å². The van der Waals surface area contributed by atoms with Gasteiger partial charge in [0.1, 0.15) is 23.2 Å². The summed E-state index contributed by atoms with van der Waals surface area (Å²) in [4.78, 5) is 8.06. The first-order valence-electron chi connectivity index (χ1n) is 5.82. The topological polar surface area (TPSA) is 54.5 Å². The monoisotopic (exact) mass is 270 g/mol. The number of hydrogen-bond acceptors (Lipinski definition) is 3. The lowest BCUT2D eigenvalue weighted by Gasteiger charge is -2.04. The van der Waals surface area contributed by atoms with Gasteiger partial charge in [0.2, 0.25) is 0 Å². The van der Waals surface area contributed by atoms with Gasteiger partial charge in [-0.2, -0.15) is 5.26 Å². The summed E-state index contributed by atoms with van der Waals surface area (Å²) in [5.74, 6) is -0.912. The molecular formula is C14H8F2N4. The highest BCUT2D eigenvalue weighted by atomic mass is 19.1. The van der Waals surface area contributed by atoms with E-state index in [9.17, 15) is 8.78 Å². The molecule has 0 bridgehead atoms. The molecule has 0 spiro atoms. The standard InChI is InChI=1S/C14H8F2N4/c15-10-1-2-12(18-6-10)7-20-8-19-14-9(5-17)3-11(16)4-13(14)20/h1-4,6,8H,7H2. The molecule has 6 heteroatoms. The molecule has 4 nitrogen and oxygen atoms in total. The highest BCUT2D eigenvalue weighted by Gasteiger charge is 2.10. The van der Waals surface area contributed by atoms with Crippen LogP contribution in [0, 0.1) is 23.0 Å². The van der Waals surface area contributed by atoms with Gasteiger partial charge in [0.25, 0.3) is 0 Å². The Morgan fingerprint density at radius 2 is 2.00 bits per heavy atom. The maximum atomic E-state index is 13.5. The Balaban J connectivity index is 2.07. The van der Waals surface area contributed by atoms with E-state index >= 15 is 0 Å². The van der Waals surface area contributed by atoms with Crippen LogP contribution < -0.4 is 0 Å². The maximum Gasteiger partial charge on any atom is 0.141 e. The second-order valence-corrected chi connectivity index (χ2v) is 4.27. The van der Waals surface area contributed by atoms with Crippen molar-refractivity contribution in [2.24, 2.45) is 0 Å². The fourth-order valence-electron chi connectivity index (χ4n) is 2.01. The van der Waals surface area contributed by atoms with Gasteiger partial charge in [-0.15, -0.1) is 0 Å². The van der Waals surface area contributed by atoms with E-state index in [4.69, 9.17) is 5.26 Å². The number of hydrogen-bond donors (Lipinski definition) is 0. The summed E-state index contributed by atoms with van der Waals surface area (Å²) in [6.45, 7) is 0.325. The molecule has 2 aromatic heterocycles. The van der Waals surface area contributed by atoms with E-state index in [2.05, 4.69) is 9.97 Å². The van der Waals surface area contributed by atoms with E-state index in [1.165, 1.54) is 18.5 Å². The van der Waals surface area contributed by atoms with Gasteiger partial charge in [-0.05, 0) is 24.3 Å². The summed E-state index contributed by atoms with van der Waals surface area (Å²) in [6, 6.07) is 7.23. The Labute approximate surface area is 112 Å². The van der Waals surface area contributed by atoms with Crippen molar-refractivity contribution >= 4 is 11.0 Å². The Hall–Kier alpha value is -2.81. The van der Waals surface area contributed by atoms with E-state index in [0.717, 1.165) is 12.3 Å². The van der Waals surface area contributed by atoms with Crippen LogP contribution in [-0.2, 0) is 6.54 Å². The summed E-state index contributed by atoms with van der Waals surface area (Å²) in [5.41, 5.74) is 1.75. The van der Waals surface area contributed by atoms with Crippen LogP contribution in [0.5, 0.6) is 0 Å². The number of fused-ring (bicyclic) bond motifs is 1. The first-order chi connectivity index (χ1) is 9.67. The smallest absolute Gasteiger partial charge is 0.141 e. The minimum absolute atomic E-state index is 0.186. The molecule has 0 aliphatic rings. The van der Waals surface area contributed by atoms with Crippen molar-refractivity contribution in [3.05, 3.63) is 59.7 Å². The quantitative estimate of drug-likeness (QED) is 0.719. The van der Waals surface area contributed by atoms with Gasteiger partial charge in [0.15, 0.2) is 0 Å². The number of aromatic nitrogens is 3. The zero-order chi connectivity index (χ0) is 14.1. The molecule has 0 amide bonds. The number of halogens is 2. The molecule has 3 aromatic rings. The summed E-state index contributed by atoms with van der Waals surface area (Å²) < 4.78 is 27.9. The van der Waals surface area contributed by atoms with Gasteiger partial charge in [-0.1, -0.05) is 0 Å². The second-order valence-electron chi connectivity index (χ2n) is 4.27. The third-order valence-corrected chi connectivity index (χ3v) is 2.93. The second kappa shape index (κ2) is 4.70. The van der Waals surface area contributed by atoms with Gasteiger partial charge in [-0.3, -0.25) is 4.98 Å². The van der Waals surface area contributed by atoms with Crippen LogP contribution >= 0.6 is 0 Å². The molecule has 98 valence electrons. The van der Waals surface area contributed by atoms with Crippen LogP contribution in [0.3, 0.4) is 0 Å². The van der Waals surface area contributed by atoms with Gasteiger partial charge in [0, 0.05) is 0 Å². The van der Waals surface area contributed by atoms with Crippen molar-refractivity contribution in [3.63, 3.8) is 0 Å². The molecule has 0 atom stereocenters. The third-order valence-electron chi connectivity index (χ3n) is 2.93. The molecule has 2 heterocycles. The fraction of sp³-hybridized carbons (Fsp3) is 0.0714. The van der Waals surface area contributed by atoms with E-state index in [1.54, 1.807) is 10.6 Å². The zero-order valence-electron chi connectivity index (χ0n) is 10.2. The SMILES string of the molecule is N#Cc1cc(F)cc2c1ncn2Cc1ccc(F)cn1. The van der Waals surface area contributed by atoms with Crippen LogP contribution in [0.2, 0.25) is 0 Å². The molecule has 20 heavy (non-hydrogen) atoms. The average molecular weight is 270 g/mol. The first-order valence-corrected chi connectivity index (χ1v) is 5.82. The Morgan fingerprint density at radius 1 is 1.15 bits per heavy atom. The van der Waals surface area contributed by atoms with Crippen molar-refractivity contribution in [3.8, 4) is 6.07 Å². The van der Waals surface area contributed by atoms with Crippen molar-refractivity contribution < 1.29 is 8.78 Å². The van der Waals surface area contributed by atoms with Crippen LogP contribution in [0.25, 0.3) is 11.0 Å². The van der Waals surface area contributed by atoms with E-state index in [1.807, 2.05) is 6.07 Å². The summed E-state index contributed by atoms with van der Waals surface area (Å²) in [6.07, 6.45) is 2.63. The highest BCUT2D eigenvalue weighted by Crippen LogP contribution is 2.19. The molecule has 0 aliphatic heterocycles. The van der Waals surface area contributed by atoms with Crippen LogP contribution in [0.15, 0.2) is 36.8 Å². The summed E-state index contributed by atoms with van der Waals surface area (Å²) in [5, 5.41) is 8.97. The van der Waals surface area contributed by atoms with Crippen LogP contribution in [-0.4, -0.2) is 14.5 Å². The summed E-state index contributed by atoms with van der Waals surface area (Å²) >= 11 is 0. The van der Waals surface area contributed by atoms with Crippen molar-refractivity contribution in [1.29, 1.82) is 5.26 Å². The first kappa shape index (κ1) is 12.2. The minimum atomic E-state index is -0.497. The Bertz CT molecular complexity index is 816. The molecule has 0 N–H and O–H groups in total. The average Bonchev–Trinajstić information content (AvgIpc) is 2.83. The minimum Gasteiger partial charge on any atom is -0.324 e. The van der Waals surface area contributed by atoms with Crippen LogP contribution in [0.1, 0.15) is 11.3 Å². The molecule has 0 radical (unpaired) electrons. The molecular weight excluding hydrogens is 262 g/mol. The van der Waals surface area contributed by atoms with Crippen molar-refractivity contribution in [2.45, 2.75) is 6.54 Å². The van der Waals surface area contributed by atoms with Gasteiger partial charge in [-0.25, -0.2) is 13.8 Å². The largest absolute Gasteiger partial charge is 0.324 e. The Morgan fingerprint density at radius 3 is 2.70 bits per heavy atom. The number of pyridine rings is 1. The van der Waals surface area contributed by atoms with E-state index in [-0.39, 0.29) is 5.56 Å². The molecule has 1 aromatic carbocycles. The Kier molecular flexibility index (Phi) is 2.88. The lowest BCUT2D eigenvalue weighted by atomic mass is 10.2. The maximum absolute atomic E-state index is 13.5. The summed E-state index contributed by atoms with van der Waals surface area (Å²) in [7, 11) is 0.